The van der Waals surface area contributed by atoms with Gasteiger partial charge in [0.15, 0.2) is 5.76 Å². The number of fused-ring (bicyclic) bond motifs is 1. The van der Waals surface area contributed by atoms with Crippen molar-refractivity contribution in [3.8, 4) is 5.75 Å². The summed E-state index contributed by atoms with van der Waals surface area (Å²) in [4.78, 5) is 16.5. The van der Waals surface area contributed by atoms with Gasteiger partial charge < -0.3 is 14.5 Å². The molecule has 7 nitrogen and oxygen atoms in total. The summed E-state index contributed by atoms with van der Waals surface area (Å²) in [5.74, 6) is 0.819. The van der Waals surface area contributed by atoms with E-state index in [2.05, 4.69) is 15.4 Å². The van der Waals surface area contributed by atoms with E-state index in [1.165, 1.54) is 6.33 Å². The van der Waals surface area contributed by atoms with Crippen LogP contribution in [0.5, 0.6) is 5.75 Å². The number of carbonyl (C=O) groups is 1. The van der Waals surface area contributed by atoms with Crippen molar-refractivity contribution in [2.45, 2.75) is 20.0 Å². The number of hydrogen-bond acceptors (Lipinski definition) is 5. The van der Waals surface area contributed by atoms with Gasteiger partial charge >= 0.3 is 0 Å². The predicted octanol–water partition coefficient (Wildman–Crippen LogP) is 3.32. The number of nitrogens with one attached hydrogen (secondary N) is 1. The van der Waals surface area contributed by atoms with Gasteiger partial charge in [-0.15, -0.1) is 0 Å². The van der Waals surface area contributed by atoms with Crippen molar-refractivity contribution in [1.82, 2.24) is 20.1 Å². The fourth-order valence-corrected chi connectivity index (χ4v) is 3.07. The van der Waals surface area contributed by atoms with Crippen molar-refractivity contribution in [2.24, 2.45) is 0 Å². The summed E-state index contributed by atoms with van der Waals surface area (Å²) in [5, 5.41) is 7.89. The number of methoxy groups -OCH3 is 1. The molecule has 0 saturated heterocycles. The number of aromatic nitrogens is 3. The molecule has 2 aromatic heterocycles. The maximum Gasteiger partial charge on any atom is 0.287 e. The minimum atomic E-state index is -0.237. The van der Waals surface area contributed by atoms with Gasteiger partial charge in [-0.1, -0.05) is 24.3 Å². The van der Waals surface area contributed by atoms with Gasteiger partial charge in [0.2, 0.25) is 0 Å². The van der Waals surface area contributed by atoms with Gasteiger partial charge in [-0.2, -0.15) is 5.10 Å². The summed E-state index contributed by atoms with van der Waals surface area (Å²) in [7, 11) is 1.61. The highest BCUT2D eigenvalue weighted by atomic mass is 16.5. The minimum absolute atomic E-state index is 0.237. The van der Waals surface area contributed by atoms with Gasteiger partial charge in [0, 0.05) is 17.5 Å². The van der Waals surface area contributed by atoms with Crippen LogP contribution in [-0.4, -0.2) is 27.8 Å². The first-order valence-corrected chi connectivity index (χ1v) is 8.89. The summed E-state index contributed by atoms with van der Waals surface area (Å²) in [6.45, 7) is 2.95. The lowest BCUT2D eigenvalue weighted by Crippen LogP contribution is -2.22. The van der Waals surface area contributed by atoms with Gasteiger partial charge in [-0.25, -0.2) is 9.67 Å². The molecule has 4 aromatic rings. The fourth-order valence-electron chi connectivity index (χ4n) is 3.07. The number of amides is 1. The number of rotatable bonds is 6. The van der Waals surface area contributed by atoms with Crippen molar-refractivity contribution in [1.29, 1.82) is 0 Å². The zero-order chi connectivity index (χ0) is 19.5. The molecule has 7 heteroatoms. The molecule has 142 valence electrons. The van der Waals surface area contributed by atoms with Crippen LogP contribution in [0.1, 0.15) is 27.2 Å². The Balaban J connectivity index is 1.42. The number of carbonyl (C=O) groups excluding carboxylic acids is 1. The summed E-state index contributed by atoms with van der Waals surface area (Å²) >= 11 is 0. The van der Waals surface area contributed by atoms with Crippen LogP contribution in [0.15, 0.2) is 59.5 Å². The van der Waals surface area contributed by atoms with Crippen LogP contribution in [0.2, 0.25) is 0 Å². The van der Waals surface area contributed by atoms with Gasteiger partial charge in [0.25, 0.3) is 5.91 Å². The Morgan fingerprint density at radius 1 is 1.18 bits per heavy atom. The van der Waals surface area contributed by atoms with Crippen LogP contribution in [0, 0.1) is 6.92 Å². The Kier molecular flexibility index (Phi) is 4.80. The van der Waals surface area contributed by atoms with Crippen LogP contribution in [-0.2, 0) is 13.1 Å². The van der Waals surface area contributed by atoms with E-state index in [4.69, 9.17) is 9.15 Å². The normalized spacial score (nSPS) is 10.9. The molecule has 0 atom stereocenters. The highest BCUT2D eigenvalue weighted by Crippen LogP contribution is 2.28. The second-order valence-corrected chi connectivity index (χ2v) is 6.51. The number of furan rings is 1. The molecule has 0 aliphatic heterocycles. The molecule has 2 aromatic carbocycles. The summed E-state index contributed by atoms with van der Waals surface area (Å²) < 4.78 is 12.7. The van der Waals surface area contributed by atoms with Crippen LogP contribution in [0.3, 0.4) is 0 Å². The lowest BCUT2D eigenvalue weighted by atomic mass is 10.1. The van der Waals surface area contributed by atoms with Gasteiger partial charge in [0.05, 0.1) is 13.7 Å². The molecule has 0 radical (unpaired) electrons. The van der Waals surface area contributed by atoms with Crippen molar-refractivity contribution in [3.63, 3.8) is 0 Å². The number of ether oxygens (including phenoxy) is 1. The first-order chi connectivity index (χ1) is 13.6. The third-order valence-electron chi connectivity index (χ3n) is 4.64. The summed E-state index contributed by atoms with van der Waals surface area (Å²) in [6, 6.07) is 13.5. The summed E-state index contributed by atoms with van der Waals surface area (Å²) in [5.41, 5.74) is 3.59. The van der Waals surface area contributed by atoms with Gasteiger partial charge in [-0.05, 0) is 36.2 Å². The lowest BCUT2D eigenvalue weighted by Gasteiger charge is -2.06. The number of aryl methyl sites for hydroxylation is 1. The number of hydrogen-bond donors (Lipinski definition) is 1. The molecule has 4 rings (SSSR count). The van der Waals surface area contributed by atoms with E-state index in [1.807, 2.05) is 49.4 Å². The van der Waals surface area contributed by atoms with Crippen molar-refractivity contribution in [3.05, 3.63) is 77.6 Å². The zero-order valence-electron chi connectivity index (χ0n) is 15.7. The molecule has 0 bridgehead atoms. The third-order valence-corrected chi connectivity index (χ3v) is 4.64. The molecular formula is C21H20N4O3. The Bertz CT molecular complexity index is 1100. The monoisotopic (exact) mass is 376 g/mol. The third kappa shape index (κ3) is 3.59. The van der Waals surface area contributed by atoms with Crippen LogP contribution < -0.4 is 10.1 Å². The van der Waals surface area contributed by atoms with E-state index in [-0.39, 0.29) is 5.91 Å². The molecule has 0 fully saturated rings. The quantitative estimate of drug-likeness (QED) is 0.558. The first kappa shape index (κ1) is 17.8. The molecule has 0 spiro atoms. The lowest BCUT2D eigenvalue weighted by molar-refractivity contribution is 0.0924. The Labute approximate surface area is 161 Å². The fraction of sp³-hybridized carbons (Fsp3) is 0.190. The van der Waals surface area contributed by atoms with Crippen LogP contribution in [0.4, 0.5) is 0 Å². The van der Waals surface area contributed by atoms with Gasteiger partial charge in [-0.3, -0.25) is 4.79 Å². The second kappa shape index (κ2) is 7.56. The maximum atomic E-state index is 12.6. The molecule has 0 saturated carbocycles. The van der Waals surface area contributed by atoms with Crippen LogP contribution in [0.25, 0.3) is 11.0 Å². The molecule has 1 N–H and O–H groups in total. The Hall–Kier alpha value is -3.61. The molecule has 2 heterocycles. The van der Waals surface area contributed by atoms with E-state index >= 15 is 0 Å². The first-order valence-electron chi connectivity index (χ1n) is 8.89. The van der Waals surface area contributed by atoms with E-state index in [9.17, 15) is 4.79 Å². The topological polar surface area (TPSA) is 82.2 Å². The average Bonchev–Trinajstić information content (AvgIpc) is 3.35. The molecule has 28 heavy (non-hydrogen) atoms. The molecule has 1 amide bonds. The van der Waals surface area contributed by atoms with Gasteiger partial charge in [0.1, 0.15) is 24.0 Å². The Morgan fingerprint density at radius 3 is 2.68 bits per heavy atom. The highest BCUT2D eigenvalue weighted by Gasteiger charge is 2.17. The number of nitrogens with zero attached hydrogens (tertiary/aromatic N) is 3. The van der Waals surface area contributed by atoms with E-state index in [0.29, 0.717) is 24.4 Å². The maximum absolute atomic E-state index is 12.6. The molecule has 0 aliphatic rings. The molecule has 0 unspecified atom stereocenters. The number of benzene rings is 2. The summed E-state index contributed by atoms with van der Waals surface area (Å²) in [6.07, 6.45) is 3.19. The van der Waals surface area contributed by atoms with E-state index < -0.39 is 0 Å². The van der Waals surface area contributed by atoms with Crippen molar-refractivity contribution >= 4 is 16.9 Å². The van der Waals surface area contributed by atoms with E-state index in [0.717, 1.165) is 27.8 Å². The molecule has 0 aliphatic carbocycles. The SMILES string of the molecule is COc1ccc2oc(C(=O)NCc3ccc(Cn4cncn4)cc3)c(C)c2c1. The largest absolute Gasteiger partial charge is 0.497 e. The second-order valence-electron chi connectivity index (χ2n) is 6.51. The zero-order valence-corrected chi connectivity index (χ0v) is 15.7. The Morgan fingerprint density at radius 2 is 1.96 bits per heavy atom. The van der Waals surface area contributed by atoms with Crippen LogP contribution >= 0.6 is 0 Å². The van der Waals surface area contributed by atoms with Crippen molar-refractivity contribution < 1.29 is 13.9 Å². The highest BCUT2D eigenvalue weighted by molar-refractivity contribution is 5.99. The smallest absolute Gasteiger partial charge is 0.287 e. The van der Waals surface area contributed by atoms with E-state index in [1.54, 1.807) is 18.1 Å². The molecular weight excluding hydrogens is 356 g/mol. The average molecular weight is 376 g/mol. The van der Waals surface area contributed by atoms with Crippen molar-refractivity contribution in [2.75, 3.05) is 7.11 Å². The minimum Gasteiger partial charge on any atom is -0.497 e. The predicted molar refractivity (Wildman–Crippen MR) is 104 cm³/mol. The standard InChI is InChI=1S/C21H20N4O3/c1-14-18-9-17(27-2)7-8-19(18)28-20(14)21(26)23-10-15-3-5-16(6-4-15)11-25-13-22-12-24-25/h3-9,12-13H,10-11H2,1-2H3,(H,23,26).